The molecule has 1 aliphatic rings. The fraction of sp³-hybridized carbons (Fsp3) is 0.300. The molecule has 8 nitrogen and oxygen atoms in total. The fourth-order valence-electron chi connectivity index (χ4n) is 3.58. The minimum Gasteiger partial charge on any atom is -0.431 e. The van der Waals surface area contributed by atoms with Crippen LogP contribution < -0.4 is 0 Å². The Kier molecular flexibility index (Phi) is 4.42. The standard InChI is InChI=1S/C20H18ClN5O3S/c1-20(2,28)19-25-16(21)15(29-19)18(27)26-8-7-11-13(23-9-22-11)14(26)17-24-10-5-3-4-6-12(10)30-17/h3-6,9,14,28H,7-8H2,1-2H3,(H,22,23)/t14-/m0/s1. The first kappa shape index (κ1) is 19.2. The zero-order chi connectivity index (χ0) is 21.0. The summed E-state index contributed by atoms with van der Waals surface area (Å²) in [7, 11) is 0. The molecule has 10 heteroatoms. The smallest absolute Gasteiger partial charge is 0.293 e. The Morgan fingerprint density at radius 3 is 2.90 bits per heavy atom. The van der Waals surface area contributed by atoms with E-state index in [9.17, 15) is 9.90 Å². The monoisotopic (exact) mass is 443 g/mol. The maximum Gasteiger partial charge on any atom is 0.293 e. The molecule has 0 fully saturated rings. The van der Waals surface area contributed by atoms with Crippen molar-refractivity contribution in [2.24, 2.45) is 0 Å². The van der Waals surface area contributed by atoms with Crippen LogP contribution in [0.25, 0.3) is 10.2 Å². The van der Waals surface area contributed by atoms with Crippen molar-refractivity contribution in [2.75, 3.05) is 6.54 Å². The Hall–Kier alpha value is -2.75. The van der Waals surface area contributed by atoms with E-state index in [4.69, 9.17) is 21.0 Å². The van der Waals surface area contributed by atoms with E-state index in [1.807, 2.05) is 24.3 Å². The molecular formula is C20H18ClN5O3S. The molecule has 4 heterocycles. The Bertz CT molecular complexity index is 1220. The van der Waals surface area contributed by atoms with Crippen LogP contribution in [-0.2, 0) is 12.0 Å². The third-order valence-corrected chi connectivity index (χ3v) is 6.38. The summed E-state index contributed by atoms with van der Waals surface area (Å²) >= 11 is 7.73. The SMILES string of the molecule is CC(C)(O)c1nc(Cl)c(C(=O)N2CCc3[nH]cnc3[C@H]2c2nc3ccccc3s2)o1. The van der Waals surface area contributed by atoms with Gasteiger partial charge in [0, 0.05) is 18.7 Å². The van der Waals surface area contributed by atoms with E-state index >= 15 is 0 Å². The molecule has 0 bridgehead atoms. The van der Waals surface area contributed by atoms with Crippen LogP contribution in [0.15, 0.2) is 35.0 Å². The van der Waals surface area contributed by atoms with Crippen molar-refractivity contribution in [2.45, 2.75) is 31.9 Å². The van der Waals surface area contributed by atoms with Gasteiger partial charge in [0.2, 0.25) is 11.7 Å². The van der Waals surface area contributed by atoms with Gasteiger partial charge in [-0.3, -0.25) is 4.79 Å². The molecule has 0 unspecified atom stereocenters. The Labute approximate surface area is 180 Å². The number of aromatic amines is 1. The molecule has 1 aliphatic heterocycles. The van der Waals surface area contributed by atoms with Crippen LogP contribution in [0.5, 0.6) is 0 Å². The number of fused-ring (bicyclic) bond motifs is 2. The predicted octanol–water partition coefficient (Wildman–Crippen LogP) is 3.68. The first-order valence-electron chi connectivity index (χ1n) is 9.40. The maximum atomic E-state index is 13.5. The molecule has 1 atom stereocenters. The molecule has 0 radical (unpaired) electrons. The van der Waals surface area contributed by atoms with Gasteiger partial charge in [0.1, 0.15) is 16.7 Å². The number of nitrogens with zero attached hydrogens (tertiary/aromatic N) is 4. The molecule has 1 aromatic carbocycles. The number of aliphatic hydroxyl groups is 1. The van der Waals surface area contributed by atoms with E-state index in [0.29, 0.717) is 13.0 Å². The van der Waals surface area contributed by atoms with Crippen LogP contribution in [0, 0.1) is 0 Å². The molecule has 2 N–H and O–H groups in total. The van der Waals surface area contributed by atoms with Crippen LogP contribution in [0.2, 0.25) is 5.15 Å². The van der Waals surface area contributed by atoms with Crippen LogP contribution in [0.3, 0.4) is 0 Å². The van der Waals surface area contributed by atoms with Gasteiger partial charge in [0.05, 0.1) is 22.2 Å². The predicted molar refractivity (Wildman–Crippen MR) is 112 cm³/mol. The summed E-state index contributed by atoms with van der Waals surface area (Å²) in [6, 6.07) is 7.36. The van der Waals surface area contributed by atoms with Gasteiger partial charge in [0.15, 0.2) is 5.15 Å². The van der Waals surface area contributed by atoms with Crippen molar-refractivity contribution in [1.29, 1.82) is 0 Å². The first-order valence-corrected chi connectivity index (χ1v) is 10.6. The maximum absolute atomic E-state index is 13.5. The van der Waals surface area contributed by atoms with Crippen molar-refractivity contribution in [1.82, 2.24) is 24.8 Å². The number of carbonyl (C=O) groups is 1. The second-order valence-corrected chi connectivity index (χ2v) is 9.06. The number of imidazole rings is 1. The average Bonchev–Trinajstić information content (AvgIpc) is 3.43. The van der Waals surface area contributed by atoms with E-state index in [0.717, 1.165) is 26.6 Å². The number of amides is 1. The molecule has 30 heavy (non-hydrogen) atoms. The summed E-state index contributed by atoms with van der Waals surface area (Å²) in [6.45, 7) is 3.47. The summed E-state index contributed by atoms with van der Waals surface area (Å²) in [5.74, 6) is -0.523. The van der Waals surface area contributed by atoms with Gasteiger partial charge in [0.25, 0.3) is 5.91 Å². The highest BCUT2D eigenvalue weighted by molar-refractivity contribution is 7.18. The van der Waals surface area contributed by atoms with Crippen molar-refractivity contribution >= 4 is 39.1 Å². The van der Waals surface area contributed by atoms with Gasteiger partial charge >= 0.3 is 0 Å². The normalized spacial score (nSPS) is 16.8. The molecule has 4 aromatic rings. The van der Waals surface area contributed by atoms with E-state index in [-0.39, 0.29) is 16.8 Å². The zero-order valence-corrected chi connectivity index (χ0v) is 17.8. The third kappa shape index (κ3) is 3.10. The van der Waals surface area contributed by atoms with Crippen molar-refractivity contribution in [3.8, 4) is 0 Å². The summed E-state index contributed by atoms with van der Waals surface area (Å²) < 4.78 is 6.61. The molecule has 5 rings (SSSR count). The van der Waals surface area contributed by atoms with Crippen molar-refractivity contribution < 1.29 is 14.3 Å². The number of para-hydroxylation sites is 1. The van der Waals surface area contributed by atoms with E-state index in [1.165, 1.54) is 25.2 Å². The van der Waals surface area contributed by atoms with Gasteiger partial charge in [-0.25, -0.2) is 9.97 Å². The number of H-pyrrole nitrogens is 1. The quantitative estimate of drug-likeness (QED) is 0.500. The zero-order valence-electron chi connectivity index (χ0n) is 16.2. The number of aromatic nitrogens is 4. The number of thiazole rings is 1. The molecule has 3 aromatic heterocycles. The van der Waals surface area contributed by atoms with Gasteiger partial charge in [-0.15, -0.1) is 11.3 Å². The molecule has 154 valence electrons. The van der Waals surface area contributed by atoms with E-state index in [2.05, 4.69) is 15.0 Å². The molecule has 0 spiro atoms. The fourth-order valence-corrected chi connectivity index (χ4v) is 4.86. The Morgan fingerprint density at radius 1 is 1.37 bits per heavy atom. The Balaban J connectivity index is 1.60. The second kappa shape index (κ2) is 6.90. The van der Waals surface area contributed by atoms with Crippen molar-refractivity contribution in [3.63, 3.8) is 0 Å². The van der Waals surface area contributed by atoms with E-state index in [1.54, 1.807) is 11.2 Å². The number of hydrogen-bond donors (Lipinski definition) is 2. The summed E-state index contributed by atoms with van der Waals surface area (Å²) in [5, 5.41) is 10.9. The summed E-state index contributed by atoms with van der Waals surface area (Å²) in [4.78, 5) is 31.5. The lowest BCUT2D eigenvalue weighted by molar-refractivity contribution is 0.0441. The van der Waals surface area contributed by atoms with Crippen LogP contribution in [-0.4, -0.2) is 42.4 Å². The van der Waals surface area contributed by atoms with Crippen LogP contribution in [0.4, 0.5) is 0 Å². The topological polar surface area (TPSA) is 108 Å². The largest absolute Gasteiger partial charge is 0.431 e. The number of benzene rings is 1. The minimum atomic E-state index is -1.36. The number of hydrogen-bond acceptors (Lipinski definition) is 7. The average molecular weight is 444 g/mol. The lowest BCUT2D eigenvalue weighted by Crippen LogP contribution is -2.40. The summed E-state index contributed by atoms with van der Waals surface area (Å²) in [5.41, 5.74) is 1.25. The van der Waals surface area contributed by atoms with Crippen molar-refractivity contribution in [3.05, 3.63) is 63.8 Å². The minimum absolute atomic E-state index is 0.00939. The molecule has 0 saturated carbocycles. The highest BCUT2D eigenvalue weighted by atomic mass is 35.5. The number of rotatable bonds is 3. The molecular weight excluding hydrogens is 426 g/mol. The lowest BCUT2D eigenvalue weighted by atomic mass is 10.0. The number of carbonyl (C=O) groups excluding carboxylic acids is 1. The Morgan fingerprint density at radius 2 is 2.17 bits per heavy atom. The van der Waals surface area contributed by atoms with Gasteiger partial charge in [-0.2, -0.15) is 4.98 Å². The van der Waals surface area contributed by atoms with Gasteiger partial charge in [-0.05, 0) is 26.0 Å². The van der Waals surface area contributed by atoms with Gasteiger partial charge in [-0.1, -0.05) is 23.7 Å². The van der Waals surface area contributed by atoms with Gasteiger partial charge < -0.3 is 19.4 Å². The first-order chi connectivity index (χ1) is 14.3. The van der Waals surface area contributed by atoms with Crippen LogP contribution in [0.1, 0.15) is 52.7 Å². The molecule has 0 aliphatic carbocycles. The number of halogens is 1. The third-order valence-electron chi connectivity index (χ3n) is 5.03. The molecule has 1 amide bonds. The second-order valence-electron chi connectivity index (χ2n) is 7.64. The summed E-state index contributed by atoms with van der Waals surface area (Å²) in [6.07, 6.45) is 2.25. The lowest BCUT2D eigenvalue weighted by Gasteiger charge is -2.33. The number of nitrogens with one attached hydrogen (secondary N) is 1. The number of oxazole rings is 1. The highest BCUT2D eigenvalue weighted by Crippen LogP contribution is 2.39. The van der Waals surface area contributed by atoms with Crippen LogP contribution >= 0.6 is 22.9 Å². The highest BCUT2D eigenvalue weighted by Gasteiger charge is 2.39. The van der Waals surface area contributed by atoms with E-state index < -0.39 is 17.6 Å². The molecule has 0 saturated heterocycles.